The van der Waals surface area contributed by atoms with Gasteiger partial charge in [-0.1, -0.05) is 32.4 Å². The highest BCUT2D eigenvalue weighted by Crippen LogP contribution is 2.30. The molecule has 6 nitrogen and oxygen atoms in total. The van der Waals surface area contributed by atoms with Crippen LogP contribution in [0.25, 0.3) is 0 Å². The van der Waals surface area contributed by atoms with Gasteiger partial charge in [0.2, 0.25) is 0 Å². The van der Waals surface area contributed by atoms with E-state index in [1.54, 1.807) is 6.07 Å². The van der Waals surface area contributed by atoms with Crippen LogP contribution in [-0.4, -0.2) is 34.1 Å². The standard InChI is InChI=1S/C11H15ClN4O2/c1-11(2,3)6-4-7(14-15-9(6)12)16-8(17)5-13-10(16)18/h4,8,17H,5H2,1-3H3,(H,13,18). The second-order valence-corrected chi connectivity index (χ2v) is 5.55. The first kappa shape index (κ1) is 13.0. The summed E-state index contributed by atoms with van der Waals surface area (Å²) in [6, 6.07) is 1.29. The lowest BCUT2D eigenvalue weighted by Crippen LogP contribution is -2.35. The van der Waals surface area contributed by atoms with Crippen molar-refractivity contribution in [2.45, 2.75) is 32.4 Å². The summed E-state index contributed by atoms with van der Waals surface area (Å²) in [7, 11) is 0. The van der Waals surface area contributed by atoms with Crippen LogP contribution in [0.4, 0.5) is 10.6 Å². The summed E-state index contributed by atoms with van der Waals surface area (Å²) in [5, 5.41) is 20.3. The molecule has 0 aromatic carbocycles. The highest BCUT2D eigenvalue weighted by atomic mass is 35.5. The summed E-state index contributed by atoms with van der Waals surface area (Å²) in [6.45, 7) is 6.13. The predicted octanol–water partition coefficient (Wildman–Crippen LogP) is 1.28. The predicted molar refractivity (Wildman–Crippen MR) is 67.6 cm³/mol. The minimum Gasteiger partial charge on any atom is -0.371 e. The Kier molecular flexibility index (Phi) is 3.16. The maximum Gasteiger partial charge on any atom is 0.325 e. The van der Waals surface area contributed by atoms with Crippen LogP contribution in [0.2, 0.25) is 5.15 Å². The Morgan fingerprint density at radius 1 is 1.50 bits per heavy atom. The molecule has 0 bridgehead atoms. The lowest BCUT2D eigenvalue weighted by Gasteiger charge is -2.23. The van der Waals surface area contributed by atoms with Gasteiger partial charge in [0.15, 0.2) is 17.2 Å². The van der Waals surface area contributed by atoms with Crippen molar-refractivity contribution >= 4 is 23.4 Å². The lowest BCUT2D eigenvalue weighted by molar-refractivity contribution is 0.195. The summed E-state index contributed by atoms with van der Waals surface area (Å²) < 4.78 is 0. The van der Waals surface area contributed by atoms with Crippen molar-refractivity contribution in [3.8, 4) is 0 Å². The SMILES string of the molecule is CC(C)(C)c1cc(N2C(=O)NCC2O)nnc1Cl. The molecule has 98 valence electrons. The summed E-state index contributed by atoms with van der Waals surface area (Å²) >= 11 is 6.01. The number of hydrogen-bond acceptors (Lipinski definition) is 4. The van der Waals surface area contributed by atoms with Crippen molar-refractivity contribution in [2.24, 2.45) is 0 Å². The van der Waals surface area contributed by atoms with Gasteiger partial charge in [0.05, 0.1) is 6.54 Å². The third-order valence-corrected chi connectivity index (χ3v) is 3.02. The second kappa shape index (κ2) is 4.37. The first-order chi connectivity index (χ1) is 8.30. The third-order valence-electron chi connectivity index (χ3n) is 2.74. The van der Waals surface area contributed by atoms with Crippen molar-refractivity contribution in [1.29, 1.82) is 0 Å². The lowest BCUT2D eigenvalue weighted by atomic mass is 9.88. The van der Waals surface area contributed by atoms with Crippen LogP contribution in [0.3, 0.4) is 0 Å². The van der Waals surface area contributed by atoms with Gasteiger partial charge in [0.1, 0.15) is 0 Å². The fraction of sp³-hybridized carbons (Fsp3) is 0.545. The topological polar surface area (TPSA) is 78.4 Å². The van der Waals surface area contributed by atoms with E-state index in [4.69, 9.17) is 11.6 Å². The van der Waals surface area contributed by atoms with E-state index < -0.39 is 6.23 Å². The Labute approximate surface area is 110 Å². The zero-order valence-corrected chi connectivity index (χ0v) is 11.2. The van der Waals surface area contributed by atoms with Crippen molar-refractivity contribution in [2.75, 3.05) is 11.4 Å². The van der Waals surface area contributed by atoms with E-state index in [1.165, 1.54) is 4.90 Å². The summed E-state index contributed by atoms with van der Waals surface area (Å²) in [5.74, 6) is 0.298. The number of nitrogens with one attached hydrogen (secondary N) is 1. The highest BCUT2D eigenvalue weighted by molar-refractivity contribution is 6.30. The van der Waals surface area contributed by atoms with Gasteiger partial charge in [-0.25, -0.2) is 9.69 Å². The van der Waals surface area contributed by atoms with Gasteiger partial charge in [-0.3, -0.25) is 0 Å². The van der Waals surface area contributed by atoms with E-state index in [0.29, 0.717) is 11.0 Å². The largest absolute Gasteiger partial charge is 0.371 e. The highest BCUT2D eigenvalue weighted by Gasteiger charge is 2.32. The zero-order valence-electron chi connectivity index (χ0n) is 10.4. The summed E-state index contributed by atoms with van der Waals surface area (Å²) in [4.78, 5) is 12.8. The molecule has 18 heavy (non-hydrogen) atoms. The van der Waals surface area contributed by atoms with Crippen LogP contribution in [0, 0.1) is 0 Å². The number of nitrogens with zero attached hydrogens (tertiary/aromatic N) is 3. The molecule has 2 amide bonds. The molecule has 0 radical (unpaired) electrons. The molecule has 2 N–H and O–H groups in total. The van der Waals surface area contributed by atoms with Crippen molar-refractivity contribution in [3.63, 3.8) is 0 Å². The van der Waals surface area contributed by atoms with E-state index in [9.17, 15) is 9.90 Å². The molecule has 1 atom stereocenters. The molecule has 1 saturated heterocycles. The van der Waals surface area contributed by atoms with Crippen LogP contribution >= 0.6 is 11.6 Å². The first-order valence-corrected chi connectivity index (χ1v) is 5.97. The number of carbonyl (C=O) groups is 1. The number of hydrogen-bond donors (Lipinski definition) is 2. The molecule has 1 aliphatic heterocycles. The number of urea groups is 1. The fourth-order valence-electron chi connectivity index (χ4n) is 1.76. The van der Waals surface area contributed by atoms with Gasteiger partial charge in [-0.05, 0) is 11.5 Å². The molecule has 1 fully saturated rings. The van der Waals surface area contributed by atoms with E-state index in [-0.39, 0.29) is 18.0 Å². The molecule has 1 aliphatic rings. The van der Waals surface area contributed by atoms with Crippen molar-refractivity contribution < 1.29 is 9.90 Å². The zero-order chi connectivity index (χ0) is 13.5. The van der Waals surface area contributed by atoms with E-state index in [0.717, 1.165) is 5.56 Å². The molecule has 0 saturated carbocycles. The quantitative estimate of drug-likeness (QED) is 0.806. The van der Waals surface area contributed by atoms with Crippen LogP contribution in [-0.2, 0) is 5.41 Å². The van der Waals surface area contributed by atoms with Crippen LogP contribution < -0.4 is 10.2 Å². The number of rotatable bonds is 1. The van der Waals surface area contributed by atoms with Gasteiger partial charge in [-0.2, -0.15) is 0 Å². The summed E-state index contributed by atoms with van der Waals surface area (Å²) in [6.07, 6.45) is -0.930. The molecular formula is C11H15ClN4O2. The average Bonchev–Trinajstić information content (AvgIpc) is 2.58. The van der Waals surface area contributed by atoms with Gasteiger partial charge in [0.25, 0.3) is 0 Å². The second-order valence-electron chi connectivity index (χ2n) is 5.19. The Morgan fingerprint density at radius 3 is 2.67 bits per heavy atom. The van der Waals surface area contributed by atoms with Gasteiger partial charge < -0.3 is 10.4 Å². The first-order valence-electron chi connectivity index (χ1n) is 5.59. The number of halogens is 1. The van der Waals surface area contributed by atoms with Gasteiger partial charge in [-0.15, -0.1) is 10.2 Å². The minimum absolute atomic E-state index is 0.175. The van der Waals surface area contributed by atoms with Crippen molar-refractivity contribution in [1.82, 2.24) is 15.5 Å². The number of carbonyl (C=O) groups excluding carboxylic acids is 1. The maximum absolute atomic E-state index is 11.6. The van der Waals surface area contributed by atoms with Crippen LogP contribution in [0.5, 0.6) is 0 Å². The Morgan fingerprint density at radius 2 is 2.17 bits per heavy atom. The molecule has 1 aromatic rings. The number of anilines is 1. The molecule has 0 spiro atoms. The normalized spacial score (nSPS) is 20.2. The molecule has 2 rings (SSSR count). The van der Waals surface area contributed by atoms with E-state index in [1.807, 2.05) is 20.8 Å². The molecule has 2 heterocycles. The molecule has 0 aliphatic carbocycles. The average molecular weight is 271 g/mol. The number of aliphatic hydroxyl groups is 1. The van der Waals surface area contributed by atoms with Crippen LogP contribution in [0.1, 0.15) is 26.3 Å². The van der Waals surface area contributed by atoms with Gasteiger partial charge in [0, 0.05) is 5.56 Å². The molecular weight excluding hydrogens is 256 g/mol. The Balaban J connectivity index is 2.44. The Bertz CT molecular complexity index is 486. The van der Waals surface area contributed by atoms with Crippen molar-refractivity contribution in [3.05, 3.63) is 16.8 Å². The summed E-state index contributed by atoms with van der Waals surface area (Å²) in [5.41, 5.74) is 0.559. The monoisotopic (exact) mass is 270 g/mol. The third kappa shape index (κ3) is 2.26. The number of aromatic nitrogens is 2. The number of amides is 2. The van der Waals surface area contributed by atoms with E-state index in [2.05, 4.69) is 15.5 Å². The molecule has 1 unspecified atom stereocenters. The van der Waals surface area contributed by atoms with Gasteiger partial charge >= 0.3 is 6.03 Å². The maximum atomic E-state index is 11.6. The molecule has 1 aromatic heterocycles. The number of aliphatic hydroxyl groups excluding tert-OH is 1. The Hall–Kier alpha value is -1.40. The van der Waals surface area contributed by atoms with Crippen LogP contribution in [0.15, 0.2) is 6.07 Å². The van der Waals surface area contributed by atoms with E-state index >= 15 is 0 Å². The molecule has 7 heteroatoms. The minimum atomic E-state index is -0.930. The fourth-order valence-corrected chi connectivity index (χ4v) is 2.13. The smallest absolute Gasteiger partial charge is 0.325 e. The number of β-amino-alcohol motifs (C(OH)–C–C–N with tert-alkyl or cyclic N) is 1.